The van der Waals surface area contributed by atoms with Crippen LogP contribution < -0.4 is 4.18 Å². The highest BCUT2D eigenvalue weighted by Crippen LogP contribution is 2.28. The first kappa shape index (κ1) is 24.4. The normalized spacial score (nSPS) is 13.7. The number of aliphatic imine (C=N–C) groups is 1. The summed E-state index contributed by atoms with van der Waals surface area (Å²) < 4.78 is 88.5. The predicted molar refractivity (Wildman–Crippen MR) is 114 cm³/mol. The van der Waals surface area contributed by atoms with Crippen LogP contribution in [0.5, 0.6) is 5.75 Å². The van der Waals surface area contributed by atoms with Crippen molar-refractivity contribution >= 4 is 15.8 Å². The topological polar surface area (TPSA) is 55.7 Å². The van der Waals surface area contributed by atoms with Gasteiger partial charge in [-0.05, 0) is 48.2 Å². The van der Waals surface area contributed by atoms with E-state index in [0.29, 0.717) is 18.7 Å². The highest BCUT2D eigenvalue weighted by molar-refractivity contribution is 7.88. The second-order valence-corrected chi connectivity index (χ2v) is 8.44. The van der Waals surface area contributed by atoms with Crippen molar-refractivity contribution in [2.24, 2.45) is 4.99 Å². The molecule has 0 radical (unpaired) electrons. The van der Waals surface area contributed by atoms with Gasteiger partial charge in [-0.2, -0.15) is 21.6 Å². The van der Waals surface area contributed by atoms with Gasteiger partial charge in [-0.1, -0.05) is 48.5 Å². The number of hydrogen-bond acceptors (Lipinski definition) is 4. The summed E-state index contributed by atoms with van der Waals surface area (Å²) in [6, 6.07) is 18.3. The lowest BCUT2D eigenvalue weighted by Crippen LogP contribution is -2.28. The summed E-state index contributed by atoms with van der Waals surface area (Å²) in [5.74, 6) is -1.41. The largest absolute Gasteiger partial charge is 0.534 e. The minimum Gasteiger partial charge on any atom is -0.376 e. The summed E-state index contributed by atoms with van der Waals surface area (Å²) >= 11 is 0. The SMILES string of the molecule is Fc1cccc(F)c1C1=NCCC1.O=S(=O)(Oc1ccc(-c2ccccc2)cc1)C(F)(F)F. The molecule has 1 heterocycles. The van der Waals surface area contributed by atoms with Crippen molar-refractivity contribution < 1.29 is 34.6 Å². The first-order chi connectivity index (χ1) is 15.6. The van der Waals surface area contributed by atoms with Crippen molar-refractivity contribution in [3.63, 3.8) is 0 Å². The molecule has 0 fully saturated rings. The van der Waals surface area contributed by atoms with Crippen molar-refractivity contribution in [3.8, 4) is 16.9 Å². The number of halogens is 5. The van der Waals surface area contributed by atoms with Gasteiger partial charge in [0.1, 0.15) is 17.4 Å². The van der Waals surface area contributed by atoms with E-state index in [1.54, 1.807) is 0 Å². The Labute approximate surface area is 187 Å². The van der Waals surface area contributed by atoms with E-state index in [-0.39, 0.29) is 11.3 Å². The summed E-state index contributed by atoms with van der Waals surface area (Å²) in [6.45, 7) is 0.684. The molecule has 1 aliphatic heterocycles. The first-order valence-corrected chi connectivity index (χ1v) is 11.1. The molecule has 0 spiro atoms. The van der Waals surface area contributed by atoms with Gasteiger partial charge < -0.3 is 4.18 Å². The Kier molecular flexibility index (Phi) is 7.47. The van der Waals surface area contributed by atoms with Gasteiger partial charge in [0.05, 0.1) is 5.56 Å². The lowest BCUT2D eigenvalue weighted by Gasteiger charge is -2.09. The monoisotopic (exact) mass is 483 g/mol. The minimum atomic E-state index is -5.63. The molecule has 33 heavy (non-hydrogen) atoms. The van der Waals surface area contributed by atoms with Crippen LogP contribution in [0, 0.1) is 11.6 Å². The van der Waals surface area contributed by atoms with Crippen LogP contribution in [0.15, 0.2) is 77.8 Å². The van der Waals surface area contributed by atoms with E-state index in [1.165, 1.54) is 42.5 Å². The molecule has 0 unspecified atom stereocenters. The third-order valence-corrected chi connectivity index (χ3v) is 5.56. The van der Waals surface area contributed by atoms with Gasteiger partial charge in [-0.15, -0.1) is 0 Å². The number of nitrogens with zero attached hydrogens (tertiary/aromatic N) is 1. The van der Waals surface area contributed by atoms with E-state index in [4.69, 9.17) is 0 Å². The van der Waals surface area contributed by atoms with E-state index in [0.717, 1.165) is 17.5 Å². The second kappa shape index (κ2) is 10.1. The van der Waals surface area contributed by atoms with E-state index in [2.05, 4.69) is 9.18 Å². The van der Waals surface area contributed by atoms with Crippen LogP contribution in [0.4, 0.5) is 22.0 Å². The van der Waals surface area contributed by atoms with Crippen LogP contribution in [0.25, 0.3) is 11.1 Å². The molecule has 0 bridgehead atoms. The third kappa shape index (κ3) is 6.16. The van der Waals surface area contributed by atoms with E-state index in [1.807, 2.05) is 30.3 Å². The van der Waals surface area contributed by atoms with Gasteiger partial charge in [0, 0.05) is 12.3 Å². The maximum absolute atomic E-state index is 13.2. The summed E-state index contributed by atoms with van der Waals surface area (Å²) in [7, 11) is -5.63. The van der Waals surface area contributed by atoms with Crippen molar-refractivity contribution in [2.45, 2.75) is 18.3 Å². The Morgan fingerprint density at radius 3 is 1.88 bits per heavy atom. The maximum atomic E-state index is 13.2. The van der Waals surface area contributed by atoms with Crippen molar-refractivity contribution in [2.75, 3.05) is 6.54 Å². The van der Waals surface area contributed by atoms with Gasteiger partial charge in [-0.25, -0.2) is 8.78 Å². The highest BCUT2D eigenvalue weighted by Gasteiger charge is 2.48. The van der Waals surface area contributed by atoms with Crippen LogP contribution in [0.1, 0.15) is 18.4 Å². The molecule has 0 aromatic heterocycles. The van der Waals surface area contributed by atoms with Crippen LogP contribution in [0.2, 0.25) is 0 Å². The zero-order valence-corrected chi connectivity index (χ0v) is 17.8. The van der Waals surface area contributed by atoms with Crippen LogP contribution in [0.3, 0.4) is 0 Å². The quantitative estimate of drug-likeness (QED) is 0.255. The summed E-state index contributed by atoms with van der Waals surface area (Å²) in [5.41, 5.74) is -3.22. The standard InChI is InChI=1S/C13H9F3O3S.C10H9F2N/c14-13(15,16)20(17,18)19-12-8-6-11(7-9-12)10-4-2-1-3-5-10;11-7-3-1-4-8(12)10(7)9-5-2-6-13-9/h1-9H;1,3-4H,2,5-6H2. The molecule has 0 saturated heterocycles. The van der Waals surface area contributed by atoms with Crippen LogP contribution in [-0.4, -0.2) is 26.2 Å². The fraction of sp³-hybridized carbons (Fsp3) is 0.174. The van der Waals surface area contributed by atoms with Gasteiger partial charge in [0.15, 0.2) is 0 Å². The van der Waals surface area contributed by atoms with Crippen molar-refractivity contribution in [1.82, 2.24) is 0 Å². The molecule has 4 nitrogen and oxygen atoms in total. The van der Waals surface area contributed by atoms with Gasteiger partial charge in [0.2, 0.25) is 0 Å². The Hall–Kier alpha value is -3.27. The average Bonchev–Trinajstić information content (AvgIpc) is 3.29. The Bertz CT molecular complexity index is 1200. The lowest BCUT2D eigenvalue weighted by molar-refractivity contribution is -0.0500. The fourth-order valence-electron chi connectivity index (χ4n) is 3.02. The lowest BCUT2D eigenvalue weighted by atomic mass is 10.1. The smallest absolute Gasteiger partial charge is 0.376 e. The molecule has 4 rings (SSSR count). The molecule has 0 N–H and O–H groups in total. The zero-order chi connectivity index (χ0) is 24.1. The van der Waals surface area contributed by atoms with Gasteiger partial charge in [-0.3, -0.25) is 4.99 Å². The van der Waals surface area contributed by atoms with Crippen molar-refractivity contribution in [1.29, 1.82) is 0 Å². The molecule has 3 aromatic rings. The van der Waals surface area contributed by atoms with E-state index in [9.17, 15) is 30.4 Å². The zero-order valence-electron chi connectivity index (χ0n) is 17.0. The molecule has 10 heteroatoms. The third-order valence-electron chi connectivity index (χ3n) is 4.58. The first-order valence-electron chi connectivity index (χ1n) is 9.72. The minimum absolute atomic E-state index is 0.0556. The predicted octanol–water partition coefficient (Wildman–Crippen LogP) is 6.13. The van der Waals surface area contributed by atoms with Crippen molar-refractivity contribution in [3.05, 3.63) is 90.0 Å². The Morgan fingerprint density at radius 2 is 1.36 bits per heavy atom. The van der Waals surface area contributed by atoms with E-state index < -0.39 is 27.3 Å². The van der Waals surface area contributed by atoms with E-state index >= 15 is 0 Å². The highest BCUT2D eigenvalue weighted by atomic mass is 32.2. The van der Waals surface area contributed by atoms with Gasteiger partial charge >= 0.3 is 15.6 Å². The van der Waals surface area contributed by atoms with Crippen LogP contribution in [-0.2, 0) is 10.1 Å². The Balaban J connectivity index is 0.000000203. The number of rotatable bonds is 4. The van der Waals surface area contributed by atoms with Crippen LogP contribution >= 0.6 is 0 Å². The number of hydrogen-bond donors (Lipinski definition) is 0. The molecule has 0 aliphatic carbocycles. The molecule has 1 aliphatic rings. The Morgan fingerprint density at radius 1 is 0.788 bits per heavy atom. The second-order valence-electron chi connectivity index (χ2n) is 6.90. The average molecular weight is 483 g/mol. The molecular formula is C23H18F5NO3S. The van der Waals surface area contributed by atoms with Gasteiger partial charge in [0.25, 0.3) is 0 Å². The molecule has 0 amide bonds. The summed E-state index contributed by atoms with van der Waals surface area (Å²) in [4.78, 5) is 4.06. The molecule has 174 valence electrons. The molecule has 3 aromatic carbocycles. The number of alkyl halides is 3. The fourth-order valence-corrected chi connectivity index (χ4v) is 3.48. The molecule has 0 saturated carbocycles. The summed E-state index contributed by atoms with van der Waals surface area (Å²) in [5, 5.41) is 0. The summed E-state index contributed by atoms with van der Waals surface area (Å²) in [6.07, 6.45) is 1.57. The molecule has 0 atom stereocenters. The maximum Gasteiger partial charge on any atom is 0.534 e. The number of benzene rings is 3. The molecular weight excluding hydrogens is 465 g/mol.